The van der Waals surface area contributed by atoms with E-state index in [2.05, 4.69) is 16.8 Å². The van der Waals surface area contributed by atoms with E-state index in [1.165, 1.54) is 10.4 Å². The number of benzene rings is 1. The highest BCUT2D eigenvalue weighted by molar-refractivity contribution is 7.10. The topological polar surface area (TPSA) is 41.6 Å². The summed E-state index contributed by atoms with van der Waals surface area (Å²) in [4.78, 5) is 15.5. The Balaban J connectivity index is 1.65. The van der Waals surface area contributed by atoms with E-state index in [0.717, 1.165) is 24.4 Å². The molecule has 2 heterocycles. The molecular weight excluding hydrogens is 272 g/mol. The van der Waals surface area contributed by atoms with Crippen molar-refractivity contribution in [2.75, 3.05) is 19.0 Å². The zero-order valence-corrected chi connectivity index (χ0v) is 12.1. The average molecular weight is 288 g/mol. The van der Waals surface area contributed by atoms with E-state index in [4.69, 9.17) is 4.74 Å². The molecule has 0 saturated heterocycles. The van der Waals surface area contributed by atoms with E-state index in [0.29, 0.717) is 6.54 Å². The Labute approximate surface area is 122 Å². The van der Waals surface area contributed by atoms with Gasteiger partial charge in [-0.05, 0) is 47.7 Å². The molecule has 0 radical (unpaired) electrons. The number of rotatable bonds is 2. The largest absolute Gasteiger partial charge is 0.497 e. The van der Waals surface area contributed by atoms with Gasteiger partial charge in [-0.1, -0.05) is 0 Å². The summed E-state index contributed by atoms with van der Waals surface area (Å²) in [5.41, 5.74) is 2.05. The van der Waals surface area contributed by atoms with Crippen LogP contribution in [0.4, 0.5) is 10.5 Å². The molecule has 0 bridgehead atoms. The van der Waals surface area contributed by atoms with Crippen molar-refractivity contribution >= 4 is 23.1 Å². The first-order valence-electron chi connectivity index (χ1n) is 6.51. The molecule has 3 rings (SSSR count). The van der Waals surface area contributed by atoms with Crippen LogP contribution in [-0.2, 0) is 13.0 Å². The predicted molar refractivity (Wildman–Crippen MR) is 80.4 cm³/mol. The van der Waals surface area contributed by atoms with E-state index < -0.39 is 0 Å². The summed E-state index contributed by atoms with van der Waals surface area (Å²) >= 11 is 1.77. The number of amides is 2. The number of urea groups is 1. The summed E-state index contributed by atoms with van der Waals surface area (Å²) in [6.45, 7) is 1.47. The molecule has 104 valence electrons. The molecule has 2 amide bonds. The van der Waals surface area contributed by atoms with Crippen molar-refractivity contribution in [3.8, 4) is 5.75 Å². The molecule has 1 aromatic heterocycles. The molecule has 1 N–H and O–H groups in total. The number of nitrogens with zero attached hydrogens (tertiary/aromatic N) is 1. The predicted octanol–water partition coefficient (Wildman–Crippen LogP) is 3.35. The smallest absolute Gasteiger partial charge is 0.322 e. The number of hydrogen-bond donors (Lipinski definition) is 1. The van der Waals surface area contributed by atoms with Gasteiger partial charge < -0.3 is 15.0 Å². The first kappa shape index (κ1) is 13.0. The van der Waals surface area contributed by atoms with Crippen LogP contribution in [0, 0.1) is 0 Å². The second-order valence-corrected chi connectivity index (χ2v) is 5.70. The lowest BCUT2D eigenvalue weighted by Gasteiger charge is -2.27. The minimum atomic E-state index is -0.0491. The van der Waals surface area contributed by atoms with Crippen molar-refractivity contribution in [2.45, 2.75) is 13.0 Å². The Hall–Kier alpha value is -2.01. The van der Waals surface area contributed by atoms with Crippen LogP contribution in [0.1, 0.15) is 10.4 Å². The monoisotopic (exact) mass is 288 g/mol. The lowest BCUT2D eigenvalue weighted by Crippen LogP contribution is -2.38. The van der Waals surface area contributed by atoms with Crippen LogP contribution in [0.2, 0.25) is 0 Å². The van der Waals surface area contributed by atoms with Gasteiger partial charge in [-0.25, -0.2) is 4.79 Å². The van der Waals surface area contributed by atoms with Gasteiger partial charge in [0.1, 0.15) is 5.75 Å². The maximum atomic E-state index is 12.2. The van der Waals surface area contributed by atoms with Gasteiger partial charge in [-0.3, -0.25) is 0 Å². The second-order valence-electron chi connectivity index (χ2n) is 4.70. The maximum Gasteiger partial charge on any atom is 0.322 e. The second kappa shape index (κ2) is 5.54. The van der Waals surface area contributed by atoms with Gasteiger partial charge in [-0.15, -0.1) is 11.3 Å². The molecule has 4 nitrogen and oxygen atoms in total. The highest BCUT2D eigenvalue weighted by Crippen LogP contribution is 2.24. The zero-order chi connectivity index (χ0) is 13.9. The molecule has 0 fully saturated rings. The quantitative estimate of drug-likeness (QED) is 0.920. The van der Waals surface area contributed by atoms with Gasteiger partial charge in [0.05, 0.1) is 7.11 Å². The lowest BCUT2D eigenvalue weighted by molar-refractivity contribution is 0.207. The number of ether oxygens (including phenoxy) is 1. The number of fused-ring (bicyclic) bond motifs is 1. The van der Waals surface area contributed by atoms with Crippen molar-refractivity contribution < 1.29 is 9.53 Å². The first-order chi connectivity index (χ1) is 9.76. The van der Waals surface area contributed by atoms with Gasteiger partial charge in [0, 0.05) is 23.7 Å². The van der Waals surface area contributed by atoms with E-state index >= 15 is 0 Å². The fraction of sp³-hybridized carbons (Fsp3) is 0.267. The van der Waals surface area contributed by atoms with E-state index in [1.807, 2.05) is 29.2 Å². The highest BCUT2D eigenvalue weighted by atomic mass is 32.1. The molecule has 0 unspecified atom stereocenters. The normalized spacial score (nSPS) is 13.8. The highest BCUT2D eigenvalue weighted by Gasteiger charge is 2.21. The summed E-state index contributed by atoms with van der Waals surface area (Å²) in [5, 5.41) is 5.01. The van der Waals surface area contributed by atoms with Gasteiger partial charge in [0.15, 0.2) is 0 Å². The van der Waals surface area contributed by atoms with E-state index in [9.17, 15) is 4.79 Å². The number of hydrogen-bond acceptors (Lipinski definition) is 3. The van der Waals surface area contributed by atoms with E-state index in [1.54, 1.807) is 18.4 Å². The van der Waals surface area contributed by atoms with Crippen molar-refractivity contribution in [1.82, 2.24) is 4.90 Å². The third-order valence-corrected chi connectivity index (χ3v) is 4.46. The Morgan fingerprint density at radius 2 is 2.10 bits per heavy atom. The zero-order valence-electron chi connectivity index (χ0n) is 11.3. The molecule has 1 aromatic carbocycles. The number of carbonyl (C=O) groups excluding carboxylic acids is 1. The van der Waals surface area contributed by atoms with Crippen LogP contribution in [0.15, 0.2) is 35.7 Å². The van der Waals surface area contributed by atoms with Crippen molar-refractivity contribution in [3.05, 3.63) is 46.2 Å². The van der Waals surface area contributed by atoms with Gasteiger partial charge in [0.2, 0.25) is 0 Å². The fourth-order valence-corrected chi connectivity index (χ4v) is 3.19. The summed E-state index contributed by atoms with van der Waals surface area (Å²) in [6, 6.07) is 9.42. The molecule has 0 aliphatic carbocycles. The Bertz CT molecular complexity index is 607. The third kappa shape index (κ3) is 2.63. The molecule has 0 spiro atoms. The number of nitrogens with one attached hydrogen (secondary N) is 1. The number of carbonyl (C=O) groups is 1. The summed E-state index contributed by atoms with van der Waals surface area (Å²) in [6.07, 6.45) is 0.947. The van der Waals surface area contributed by atoms with Gasteiger partial charge in [-0.2, -0.15) is 0 Å². The van der Waals surface area contributed by atoms with Crippen molar-refractivity contribution in [1.29, 1.82) is 0 Å². The Morgan fingerprint density at radius 1 is 1.30 bits per heavy atom. The molecule has 5 heteroatoms. The standard InChI is InChI=1S/C15H16N2O2S/c1-19-13-4-2-12(3-5-13)16-15(18)17-8-6-14-11(10-17)7-9-20-14/h2-5,7,9H,6,8,10H2,1H3,(H,16,18). The van der Waals surface area contributed by atoms with Gasteiger partial charge >= 0.3 is 6.03 Å². The third-order valence-electron chi connectivity index (χ3n) is 3.44. The molecular formula is C15H16N2O2S. The minimum Gasteiger partial charge on any atom is -0.497 e. The molecule has 0 atom stereocenters. The SMILES string of the molecule is COc1ccc(NC(=O)N2CCc3sccc3C2)cc1. The summed E-state index contributed by atoms with van der Waals surface area (Å²) in [7, 11) is 1.62. The maximum absolute atomic E-state index is 12.2. The number of anilines is 1. The van der Waals surface area contributed by atoms with Gasteiger partial charge in [0.25, 0.3) is 0 Å². The van der Waals surface area contributed by atoms with Crippen molar-refractivity contribution in [2.24, 2.45) is 0 Å². The van der Waals surface area contributed by atoms with Crippen LogP contribution in [0.5, 0.6) is 5.75 Å². The fourth-order valence-electron chi connectivity index (χ4n) is 2.30. The number of thiophene rings is 1. The molecule has 2 aromatic rings. The molecule has 20 heavy (non-hydrogen) atoms. The van der Waals surface area contributed by atoms with Crippen LogP contribution in [0.25, 0.3) is 0 Å². The van der Waals surface area contributed by atoms with Crippen LogP contribution < -0.4 is 10.1 Å². The first-order valence-corrected chi connectivity index (χ1v) is 7.39. The molecule has 0 saturated carbocycles. The molecule has 1 aliphatic heterocycles. The Morgan fingerprint density at radius 3 is 2.85 bits per heavy atom. The average Bonchev–Trinajstić information content (AvgIpc) is 2.95. The van der Waals surface area contributed by atoms with Crippen LogP contribution in [-0.4, -0.2) is 24.6 Å². The number of methoxy groups -OCH3 is 1. The lowest BCUT2D eigenvalue weighted by atomic mass is 10.1. The van der Waals surface area contributed by atoms with Crippen molar-refractivity contribution in [3.63, 3.8) is 0 Å². The molecule has 1 aliphatic rings. The Kier molecular flexibility index (Phi) is 3.60. The summed E-state index contributed by atoms with van der Waals surface area (Å²) in [5.74, 6) is 0.781. The van der Waals surface area contributed by atoms with Crippen LogP contribution >= 0.6 is 11.3 Å². The summed E-state index contributed by atoms with van der Waals surface area (Å²) < 4.78 is 5.10. The minimum absolute atomic E-state index is 0.0491. The van der Waals surface area contributed by atoms with Crippen LogP contribution in [0.3, 0.4) is 0 Å². The van der Waals surface area contributed by atoms with E-state index in [-0.39, 0.29) is 6.03 Å².